The second-order valence-corrected chi connectivity index (χ2v) is 6.10. The molecule has 136 valence electrons. The zero-order valence-corrected chi connectivity index (χ0v) is 15.2. The van der Waals surface area contributed by atoms with Crippen molar-refractivity contribution in [1.29, 1.82) is 0 Å². The number of hydrogen-bond acceptors (Lipinski definition) is 5. The third-order valence-electron chi connectivity index (χ3n) is 3.74. The Kier molecular flexibility index (Phi) is 6.06. The maximum Gasteiger partial charge on any atom is 0.277 e. The molecule has 1 N–H and O–H groups in total. The molecule has 0 atom stereocenters. The maximum atomic E-state index is 11.9. The summed E-state index contributed by atoms with van der Waals surface area (Å²) in [5, 5.41) is 15.0. The third-order valence-corrected chi connectivity index (χ3v) is 3.74. The number of amides is 1. The second kappa shape index (κ2) is 8.24. The van der Waals surface area contributed by atoms with Gasteiger partial charge in [0.15, 0.2) is 6.61 Å². The number of hydrogen-bond donors (Lipinski definition) is 1. The van der Waals surface area contributed by atoms with E-state index in [0.29, 0.717) is 22.6 Å². The van der Waals surface area contributed by atoms with Crippen LogP contribution in [0.4, 0.5) is 5.69 Å². The van der Waals surface area contributed by atoms with Gasteiger partial charge in [-0.15, -0.1) is 0 Å². The van der Waals surface area contributed by atoms with Crippen LogP contribution in [0.5, 0.6) is 5.75 Å². The maximum absolute atomic E-state index is 11.9. The average Bonchev–Trinajstić information content (AvgIpc) is 2.57. The van der Waals surface area contributed by atoms with Crippen molar-refractivity contribution in [2.24, 2.45) is 5.10 Å². The van der Waals surface area contributed by atoms with E-state index < -0.39 is 10.8 Å². The molecule has 2 rings (SSSR count). The van der Waals surface area contributed by atoms with Crippen molar-refractivity contribution in [3.63, 3.8) is 0 Å². The third kappa shape index (κ3) is 5.14. The Morgan fingerprint density at radius 2 is 1.81 bits per heavy atom. The van der Waals surface area contributed by atoms with Gasteiger partial charge in [0.2, 0.25) is 0 Å². The van der Waals surface area contributed by atoms with Gasteiger partial charge < -0.3 is 4.74 Å². The predicted octanol–water partition coefficient (Wildman–Crippen LogP) is 3.44. The first-order valence-corrected chi connectivity index (χ1v) is 8.06. The minimum atomic E-state index is -0.442. The minimum absolute atomic E-state index is 0.0153. The fraction of sp³-hybridized carbons (Fsp3) is 0.263. The monoisotopic (exact) mass is 355 g/mol. The minimum Gasteiger partial charge on any atom is -0.484 e. The second-order valence-electron chi connectivity index (χ2n) is 6.10. The average molecular weight is 355 g/mol. The molecule has 0 unspecified atom stereocenters. The molecule has 0 spiro atoms. The van der Waals surface area contributed by atoms with Crippen LogP contribution >= 0.6 is 0 Å². The Balaban J connectivity index is 1.98. The standard InChI is InChI=1S/C19H21N3O4/c1-12-7-13(2)9-17(8-12)26-11-19(23)21-20-15(4)16-6-5-14(3)18(10-16)22(24)25/h5-10H,11H2,1-4H3,(H,21,23)/b20-15+. The van der Waals surface area contributed by atoms with E-state index in [4.69, 9.17) is 4.74 Å². The van der Waals surface area contributed by atoms with Gasteiger partial charge in [-0.2, -0.15) is 5.10 Å². The molecule has 0 aliphatic rings. The van der Waals surface area contributed by atoms with Crippen LogP contribution in [0, 0.1) is 30.9 Å². The fourth-order valence-electron chi connectivity index (χ4n) is 2.44. The van der Waals surface area contributed by atoms with Crippen molar-refractivity contribution in [2.45, 2.75) is 27.7 Å². The van der Waals surface area contributed by atoms with Gasteiger partial charge in [0.1, 0.15) is 5.75 Å². The Morgan fingerprint density at radius 1 is 1.15 bits per heavy atom. The van der Waals surface area contributed by atoms with Crippen LogP contribution in [-0.4, -0.2) is 23.1 Å². The van der Waals surface area contributed by atoms with E-state index in [0.717, 1.165) is 11.1 Å². The topological polar surface area (TPSA) is 93.8 Å². The molecule has 0 bridgehead atoms. The van der Waals surface area contributed by atoms with E-state index in [1.165, 1.54) is 6.07 Å². The molecule has 2 aromatic carbocycles. The molecule has 7 nitrogen and oxygen atoms in total. The summed E-state index contributed by atoms with van der Waals surface area (Å²) in [6.45, 7) is 7.07. The first-order valence-electron chi connectivity index (χ1n) is 8.06. The van der Waals surface area contributed by atoms with E-state index in [2.05, 4.69) is 10.5 Å². The van der Waals surface area contributed by atoms with Crippen LogP contribution in [-0.2, 0) is 4.79 Å². The van der Waals surface area contributed by atoms with Crippen molar-refractivity contribution >= 4 is 17.3 Å². The summed E-state index contributed by atoms with van der Waals surface area (Å²) < 4.78 is 5.46. The summed E-state index contributed by atoms with van der Waals surface area (Å²) in [4.78, 5) is 22.5. The fourth-order valence-corrected chi connectivity index (χ4v) is 2.44. The lowest BCUT2D eigenvalue weighted by Crippen LogP contribution is -2.25. The molecule has 26 heavy (non-hydrogen) atoms. The molecule has 0 aromatic heterocycles. The Morgan fingerprint density at radius 3 is 2.42 bits per heavy atom. The molecule has 0 aliphatic carbocycles. The first kappa shape index (κ1) is 19.1. The molecule has 0 saturated carbocycles. The summed E-state index contributed by atoms with van der Waals surface area (Å²) in [6, 6.07) is 10.5. The summed E-state index contributed by atoms with van der Waals surface area (Å²) in [5.74, 6) is 0.206. The molecule has 0 aliphatic heterocycles. The zero-order chi connectivity index (χ0) is 19.3. The molecule has 1 amide bonds. The first-order chi connectivity index (χ1) is 12.3. The number of nitro benzene ring substituents is 1. The number of hydrazone groups is 1. The van der Waals surface area contributed by atoms with Crippen LogP contribution in [0.15, 0.2) is 41.5 Å². The SMILES string of the molecule is C/C(=N\NC(=O)COc1cc(C)cc(C)c1)c1ccc(C)c([N+](=O)[O-])c1. The number of carbonyl (C=O) groups is 1. The summed E-state index contributed by atoms with van der Waals surface area (Å²) in [6.07, 6.45) is 0. The Bertz CT molecular complexity index is 855. The highest BCUT2D eigenvalue weighted by atomic mass is 16.6. The van der Waals surface area contributed by atoms with Crippen molar-refractivity contribution in [1.82, 2.24) is 5.43 Å². The number of benzene rings is 2. The highest BCUT2D eigenvalue weighted by Crippen LogP contribution is 2.19. The number of aryl methyl sites for hydroxylation is 3. The van der Waals surface area contributed by atoms with Gasteiger partial charge in [0.05, 0.1) is 10.6 Å². The summed E-state index contributed by atoms with van der Waals surface area (Å²) in [7, 11) is 0. The van der Waals surface area contributed by atoms with Gasteiger partial charge in [0.25, 0.3) is 11.6 Å². The zero-order valence-electron chi connectivity index (χ0n) is 15.2. The van der Waals surface area contributed by atoms with Crippen molar-refractivity contribution < 1.29 is 14.5 Å². The molecule has 0 saturated heterocycles. The van der Waals surface area contributed by atoms with Gasteiger partial charge >= 0.3 is 0 Å². The van der Waals surface area contributed by atoms with Gasteiger partial charge in [-0.05, 0) is 51.0 Å². The molecule has 0 fully saturated rings. The molecular formula is C19H21N3O4. The van der Waals surface area contributed by atoms with Crippen LogP contribution < -0.4 is 10.2 Å². The van der Waals surface area contributed by atoms with Gasteiger partial charge in [-0.3, -0.25) is 14.9 Å². The van der Waals surface area contributed by atoms with E-state index in [1.54, 1.807) is 26.0 Å². The Labute approximate surface area is 151 Å². The number of nitrogens with zero attached hydrogens (tertiary/aromatic N) is 2. The van der Waals surface area contributed by atoms with E-state index in [9.17, 15) is 14.9 Å². The number of nitro groups is 1. The smallest absolute Gasteiger partial charge is 0.277 e. The lowest BCUT2D eigenvalue weighted by molar-refractivity contribution is -0.385. The summed E-state index contributed by atoms with van der Waals surface area (Å²) >= 11 is 0. The number of nitrogens with one attached hydrogen (secondary N) is 1. The molecule has 7 heteroatoms. The predicted molar refractivity (Wildman–Crippen MR) is 99.6 cm³/mol. The molecule has 0 heterocycles. The Hall–Kier alpha value is -3.22. The van der Waals surface area contributed by atoms with Crippen LogP contribution in [0.1, 0.15) is 29.2 Å². The van der Waals surface area contributed by atoms with Gasteiger partial charge in [-0.25, -0.2) is 5.43 Å². The van der Waals surface area contributed by atoms with Crippen LogP contribution in [0.2, 0.25) is 0 Å². The quantitative estimate of drug-likeness (QED) is 0.488. The number of carbonyl (C=O) groups excluding carboxylic acids is 1. The normalized spacial score (nSPS) is 11.2. The van der Waals surface area contributed by atoms with Crippen molar-refractivity contribution in [3.8, 4) is 5.75 Å². The van der Waals surface area contributed by atoms with Crippen molar-refractivity contribution in [3.05, 3.63) is 68.8 Å². The lowest BCUT2D eigenvalue weighted by atomic mass is 10.1. The van der Waals surface area contributed by atoms with Gasteiger partial charge in [0, 0.05) is 17.2 Å². The highest BCUT2D eigenvalue weighted by Gasteiger charge is 2.12. The van der Waals surface area contributed by atoms with E-state index in [1.807, 2.05) is 32.0 Å². The van der Waals surface area contributed by atoms with Crippen LogP contribution in [0.3, 0.4) is 0 Å². The molecule has 0 radical (unpaired) electrons. The van der Waals surface area contributed by atoms with E-state index >= 15 is 0 Å². The summed E-state index contributed by atoms with van der Waals surface area (Å²) in [5.41, 5.74) is 6.12. The number of rotatable bonds is 6. The molecule has 2 aromatic rings. The number of ether oxygens (including phenoxy) is 1. The van der Waals surface area contributed by atoms with E-state index in [-0.39, 0.29) is 12.3 Å². The highest BCUT2D eigenvalue weighted by molar-refractivity contribution is 5.99. The van der Waals surface area contributed by atoms with Crippen molar-refractivity contribution in [2.75, 3.05) is 6.61 Å². The molecular weight excluding hydrogens is 334 g/mol. The van der Waals surface area contributed by atoms with Crippen LogP contribution in [0.25, 0.3) is 0 Å². The largest absolute Gasteiger partial charge is 0.484 e. The lowest BCUT2D eigenvalue weighted by Gasteiger charge is -2.08. The van der Waals surface area contributed by atoms with Gasteiger partial charge in [-0.1, -0.05) is 18.2 Å².